The SMILES string of the molecule is CCCCP(Br)(CCCC)(CCCC)CC(=O)Nc1c(C)csc1C(=O)OC. The molecule has 0 atom stereocenters. The van der Waals surface area contributed by atoms with Crippen LogP contribution < -0.4 is 5.32 Å². The van der Waals surface area contributed by atoms with Crippen LogP contribution in [0, 0.1) is 6.92 Å². The van der Waals surface area contributed by atoms with Crippen LogP contribution in [-0.2, 0) is 9.53 Å². The van der Waals surface area contributed by atoms with Gasteiger partial charge >= 0.3 is 183 Å². The second kappa shape index (κ2) is 11.7. The summed E-state index contributed by atoms with van der Waals surface area (Å²) in [6, 6.07) is 0. The topological polar surface area (TPSA) is 55.4 Å². The zero-order valence-electron chi connectivity index (χ0n) is 18.1. The van der Waals surface area contributed by atoms with E-state index >= 15 is 0 Å². The van der Waals surface area contributed by atoms with Crippen LogP contribution >= 0.6 is 32.1 Å². The van der Waals surface area contributed by atoms with Crippen molar-refractivity contribution in [1.29, 1.82) is 0 Å². The molecule has 1 rings (SSSR count). The first kappa shape index (κ1) is 25.6. The Kier molecular flexibility index (Phi) is 10.7. The second-order valence-electron chi connectivity index (χ2n) is 7.87. The quantitative estimate of drug-likeness (QED) is 0.236. The fourth-order valence-electron chi connectivity index (χ4n) is 3.61. The molecule has 1 amide bonds. The third-order valence-electron chi connectivity index (χ3n) is 5.36. The molecular weight excluding hydrogens is 457 g/mol. The Morgan fingerprint density at radius 1 is 1.07 bits per heavy atom. The van der Waals surface area contributed by atoms with E-state index in [4.69, 9.17) is 4.74 Å². The number of unbranched alkanes of at least 4 members (excludes halogenated alkanes) is 3. The zero-order valence-corrected chi connectivity index (χ0v) is 21.4. The van der Waals surface area contributed by atoms with Crippen LogP contribution in [0.15, 0.2) is 5.38 Å². The summed E-state index contributed by atoms with van der Waals surface area (Å²) in [4.78, 5) is 25.7. The van der Waals surface area contributed by atoms with Crippen molar-refractivity contribution in [1.82, 2.24) is 0 Å². The van der Waals surface area contributed by atoms with E-state index in [0.29, 0.717) is 16.7 Å². The van der Waals surface area contributed by atoms with E-state index in [2.05, 4.69) is 41.6 Å². The molecule has 4 nitrogen and oxygen atoms in total. The summed E-state index contributed by atoms with van der Waals surface area (Å²) < 4.78 is 4.87. The number of esters is 1. The predicted octanol–water partition coefficient (Wildman–Crippen LogP) is 7.05. The minimum absolute atomic E-state index is 0.0181. The van der Waals surface area contributed by atoms with Crippen LogP contribution in [0.3, 0.4) is 0 Å². The van der Waals surface area contributed by atoms with Crippen LogP contribution in [0.2, 0.25) is 0 Å². The van der Waals surface area contributed by atoms with Crippen LogP contribution in [0.4, 0.5) is 5.69 Å². The van der Waals surface area contributed by atoms with Gasteiger partial charge in [0.1, 0.15) is 0 Å². The van der Waals surface area contributed by atoms with Gasteiger partial charge in [0, 0.05) is 0 Å². The summed E-state index contributed by atoms with van der Waals surface area (Å²) >= 11 is 5.58. The molecule has 0 unspecified atom stereocenters. The number of carbonyl (C=O) groups is 2. The van der Waals surface area contributed by atoms with Gasteiger partial charge in [-0.15, -0.1) is 0 Å². The number of nitrogens with one attached hydrogen (secondary N) is 1. The van der Waals surface area contributed by atoms with Gasteiger partial charge in [-0.3, -0.25) is 0 Å². The summed E-state index contributed by atoms with van der Waals surface area (Å²) in [6.45, 7) is 8.55. The molecule has 0 bridgehead atoms. The Hall–Kier alpha value is -0.450. The van der Waals surface area contributed by atoms with Gasteiger partial charge in [-0.25, -0.2) is 0 Å². The van der Waals surface area contributed by atoms with Crippen molar-refractivity contribution in [2.75, 3.05) is 37.1 Å². The van der Waals surface area contributed by atoms with Crippen molar-refractivity contribution in [2.45, 2.75) is 66.2 Å². The van der Waals surface area contributed by atoms with Crippen molar-refractivity contribution in [2.24, 2.45) is 0 Å². The molecule has 0 aromatic carbocycles. The van der Waals surface area contributed by atoms with Gasteiger partial charge in [0.15, 0.2) is 0 Å². The predicted molar refractivity (Wildman–Crippen MR) is 129 cm³/mol. The van der Waals surface area contributed by atoms with E-state index in [1.165, 1.54) is 18.4 Å². The summed E-state index contributed by atoms with van der Waals surface area (Å²) in [7, 11) is 1.37. The molecule has 0 saturated heterocycles. The molecule has 0 radical (unpaired) electrons. The second-order valence-corrected chi connectivity index (χ2v) is 20.1. The number of hydrogen-bond donors (Lipinski definition) is 1. The van der Waals surface area contributed by atoms with E-state index in [1.54, 1.807) is 0 Å². The molecule has 1 aromatic heterocycles. The zero-order chi connectivity index (χ0) is 21.2. The minimum atomic E-state index is -2.33. The standard InChI is InChI=1S/C21H37BrNO3PS/c1-6-9-12-27(22,13-10-7-2,14-11-8-3)15-18(24)23-19-17(4)16-28-20(19)21(25)26-5/h16H,6-15H2,1-5H3,(H,23,24). The molecule has 7 heteroatoms. The first-order valence-corrected chi connectivity index (χ1v) is 16.3. The number of anilines is 1. The Bertz CT molecular complexity index is 638. The summed E-state index contributed by atoms with van der Waals surface area (Å²) in [5, 5.41) is 2.62. The number of ether oxygens (including phenoxy) is 1. The van der Waals surface area contributed by atoms with E-state index in [-0.39, 0.29) is 5.91 Å². The van der Waals surface area contributed by atoms with Crippen molar-refractivity contribution in [3.63, 3.8) is 0 Å². The molecule has 28 heavy (non-hydrogen) atoms. The Balaban J connectivity index is 3.12. The number of halogens is 1. The van der Waals surface area contributed by atoms with E-state index in [1.807, 2.05) is 12.3 Å². The molecule has 0 spiro atoms. The summed E-state index contributed by atoms with van der Waals surface area (Å²) in [5.74, 6) is -0.378. The fourth-order valence-corrected chi connectivity index (χ4v) is 12.7. The van der Waals surface area contributed by atoms with Crippen molar-refractivity contribution >= 4 is 49.7 Å². The third kappa shape index (κ3) is 7.11. The van der Waals surface area contributed by atoms with E-state index < -0.39 is 11.3 Å². The number of thiophene rings is 1. The third-order valence-corrected chi connectivity index (χ3v) is 15.8. The van der Waals surface area contributed by atoms with E-state index in [0.717, 1.165) is 62.6 Å². The number of hydrogen-bond acceptors (Lipinski definition) is 4. The van der Waals surface area contributed by atoms with Crippen LogP contribution in [0.25, 0.3) is 0 Å². The molecule has 0 fully saturated rings. The van der Waals surface area contributed by atoms with Crippen LogP contribution in [-0.4, -0.2) is 43.6 Å². The van der Waals surface area contributed by atoms with Crippen molar-refractivity contribution in [3.05, 3.63) is 15.8 Å². The maximum atomic E-state index is 13.2. The van der Waals surface area contributed by atoms with Gasteiger partial charge in [-0.05, 0) is 0 Å². The van der Waals surface area contributed by atoms with Gasteiger partial charge in [0.25, 0.3) is 0 Å². The van der Waals surface area contributed by atoms with E-state index in [9.17, 15) is 9.59 Å². The first-order valence-electron chi connectivity index (χ1n) is 10.4. The molecular formula is C21H37BrNO3PS. The van der Waals surface area contributed by atoms with Crippen LogP contribution in [0.5, 0.6) is 0 Å². The maximum absolute atomic E-state index is 13.2. The fraction of sp³-hybridized carbons (Fsp3) is 0.714. The first-order chi connectivity index (χ1) is 13.2. The van der Waals surface area contributed by atoms with Gasteiger partial charge in [-0.2, -0.15) is 0 Å². The van der Waals surface area contributed by atoms with Crippen molar-refractivity contribution < 1.29 is 14.3 Å². The average molecular weight is 494 g/mol. The van der Waals surface area contributed by atoms with Gasteiger partial charge in [0.2, 0.25) is 0 Å². The van der Waals surface area contributed by atoms with Crippen molar-refractivity contribution in [3.8, 4) is 0 Å². The molecule has 162 valence electrons. The number of rotatable bonds is 13. The summed E-state index contributed by atoms with van der Waals surface area (Å²) in [6.07, 6.45) is 10.7. The number of methoxy groups -OCH3 is 1. The van der Waals surface area contributed by atoms with Crippen LogP contribution in [0.1, 0.15) is 74.5 Å². The molecule has 1 aromatic rings. The van der Waals surface area contributed by atoms with Gasteiger partial charge in [0.05, 0.1) is 0 Å². The molecule has 0 aliphatic carbocycles. The average Bonchev–Trinajstić information content (AvgIpc) is 3.03. The Morgan fingerprint density at radius 3 is 2.00 bits per heavy atom. The van der Waals surface area contributed by atoms with Gasteiger partial charge < -0.3 is 0 Å². The Labute approximate surface area is 182 Å². The van der Waals surface area contributed by atoms with Gasteiger partial charge in [-0.1, -0.05) is 0 Å². The molecule has 1 heterocycles. The monoisotopic (exact) mass is 493 g/mol. The number of amides is 1. The number of aryl methyl sites for hydroxylation is 1. The molecule has 1 N–H and O–H groups in total. The molecule has 0 saturated carbocycles. The normalized spacial score (nSPS) is 13.0. The number of carbonyl (C=O) groups excluding carboxylic acids is 2. The Morgan fingerprint density at radius 2 is 1.57 bits per heavy atom. The molecule has 0 aliphatic rings. The molecule has 0 aliphatic heterocycles. The summed E-state index contributed by atoms with van der Waals surface area (Å²) in [5.41, 5.74) is 1.52.